The number of aliphatic hydroxyl groups is 1. The van der Waals surface area contributed by atoms with Gasteiger partial charge in [0.1, 0.15) is 13.3 Å². The Labute approximate surface area is 165 Å². The second-order valence-electron chi connectivity index (χ2n) is 5.74. The summed E-state index contributed by atoms with van der Waals surface area (Å²) in [5, 5.41) is 19.4. The zero-order chi connectivity index (χ0) is 19.9. The Kier molecular flexibility index (Phi) is 6.37. The Balaban J connectivity index is 1.63. The fourth-order valence-corrected chi connectivity index (χ4v) is 2.51. The third kappa shape index (κ3) is 4.94. The maximum atomic E-state index is 12.5. The Bertz CT molecular complexity index is 1040. The number of rotatable bonds is 5. The van der Waals surface area contributed by atoms with E-state index >= 15 is 0 Å². The van der Waals surface area contributed by atoms with Crippen LogP contribution >= 0.6 is 11.6 Å². The largest absolute Gasteiger partial charge is 0.418 e. The highest BCUT2D eigenvalue weighted by Gasteiger charge is 2.09. The highest BCUT2D eigenvalue weighted by molar-refractivity contribution is 6.32. The standard InChI is InChI=1S/C20H15ClFN3O3/c21-17-9-16(20-25-24-19(12-26)28-20)6-5-15(17)7-8-18(27)23-11-14-3-1-13(10-22)2-4-14/h1-6,9,26H,10-12H2,(H,23,27). The molecule has 142 valence electrons. The van der Waals surface area contributed by atoms with Gasteiger partial charge in [-0.05, 0) is 29.3 Å². The van der Waals surface area contributed by atoms with E-state index in [-0.39, 0.29) is 24.9 Å². The molecule has 0 fully saturated rings. The van der Waals surface area contributed by atoms with Crippen molar-refractivity contribution in [2.24, 2.45) is 0 Å². The lowest BCUT2D eigenvalue weighted by Gasteiger charge is -2.02. The van der Waals surface area contributed by atoms with Gasteiger partial charge in [0, 0.05) is 23.6 Å². The van der Waals surface area contributed by atoms with Crippen molar-refractivity contribution in [1.82, 2.24) is 15.5 Å². The van der Waals surface area contributed by atoms with Crippen LogP contribution in [-0.2, 0) is 24.6 Å². The fraction of sp³-hybridized carbons (Fsp3) is 0.150. The van der Waals surface area contributed by atoms with Crippen LogP contribution in [-0.4, -0.2) is 21.2 Å². The average Bonchev–Trinajstić information content (AvgIpc) is 3.21. The van der Waals surface area contributed by atoms with E-state index < -0.39 is 12.6 Å². The van der Waals surface area contributed by atoms with E-state index in [1.165, 1.54) is 0 Å². The number of hydrogen-bond acceptors (Lipinski definition) is 5. The number of alkyl halides is 1. The molecule has 2 aromatic carbocycles. The fourth-order valence-electron chi connectivity index (χ4n) is 2.28. The molecule has 6 nitrogen and oxygen atoms in total. The van der Waals surface area contributed by atoms with E-state index in [2.05, 4.69) is 27.4 Å². The highest BCUT2D eigenvalue weighted by Crippen LogP contribution is 2.24. The first-order valence-electron chi connectivity index (χ1n) is 8.26. The molecule has 3 rings (SSSR count). The number of carbonyl (C=O) groups is 1. The highest BCUT2D eigenvalue weighted by atomic mass is 35.5. The molecule has 0 aliphatic heterocycles. The van der Waals surface area contributed by atoms with Crippen LogP contribution in [0.2, 0.25) is 5.02 Å². The summed E-state index contributed by atoms with van der Waals surface area (Å²) < 4.78 is 17.7. The third-order valence-electron chi connectivity index (χ3n) is 3.76. The van der Waals surface area contributed by atoms with Gasteiger partial charge in [-0.2, -0.15) is 0 Å². The predicted molar refractivity (Wildman–Crippen MR) is 101 cm³/mol. The molecule has 0 spiro atoms. The van der Waals surface area contributed by atoms with Crippen LogP contribution in [0.25, 0.3) is 11.5 Å². The molecule has 0 aliphatic carbocycles. The molecule has 0 aliphatic rings. The number of benzene rings is 2. The topological polar surface area (TPSA) is 88.2 Å². The summed E-state index contributed by atoms with van der Waals surface area (Å²) in [6.45, 7) is -0.580. The first-order valence-corrected chi connectivity index (χ1v) is 8.63. The van der Waals surface area contributed by atoms with Gasteiger partial charge in [-0.1, -0.05) is 41.8 Å². The molecular formula is C20H15ClFN3O3. The number of nitrogens with zero attached hydrogens (tertiary/aromatic N) is 2. The Morgan fingerprint density at radius 1 is 1.18 bits per heavy atom. The van der Waals surface area contributed by atoms with Crippen molar-refractivity contribution in [3.05, 3.63) is 70.1 Å². The quantitative estimate of drug-likeness (QED) is 0.644. The van der Waals surface area contributed by atoms with E-state index in [1.807, 2.05) is 0 Å². The Hall–Kier alpha value is -3.21. The number of halogens is 2. The molecule has 1 heterocycles. The molecule has 3 aromatic rings. The van der Waals surface area contributed by atoms with Crippen LogP contribution in [0.3, 0.4) is 0 Å². The lowest BCUT2D eigenvalue weighted by molar-refractivity contribution is -0.115. The first-order chi connectivity index (χ1) is 13.6. The SMILES string of the molecule is O=C(C#Cc1ccc(-c2nnc(CO)o2)cc1Cl)NCc1ccc(CF)cc1. The molecule has 0 unspecified atom stereocenters. The summed E-state index contributed by atoms with van der Waals surface area (Å²) >= 11 is 6.20. The number of aliphatic hydroxyl groups excluding tert-OH is 1. The molecule has 0 atom stereocenters. The molecule has 0 saturated carbocycles. The minimum atomic E-state index is -0.521. The van der Waals surface area contributed by atoms with Gasteiger partial charge in [0.05, 0.1) is 5.02 Å². The summed E-state index contributed by atoms with van der Waals surface area (Å²) in [5.41, 5.74) is 2.47. The number of aromatic nitrogens is 2. The van der Waals surface area contributed by atoms with E-state index in [4.69, 9.17) is 21.1 Å². The van der Waals surface area contributed by atoms with Crippen LogP contribution in [0.5, 0.6) is 0 Å². The average molecular weight is 400 g/mol. The Morgan fingerprint density at radius 2 is 1.93 bits per heavy atom. The predicted octanol–water partition coefficient (Wildman–Crippen LogP) is 3.02. The summed E-state index contributed by atoms with van der Waals surface area (Å²) in [6.07, 6.45) is 0. The van der Waals surface area contributed by atoms with Crippen molar-refractivity contribution in [2.75, 3.05) is 0 Å². The number of hydrogen-bond donors (Lipinski definition) is 2. The van der Waals surface area contributed by atoms with Crippen LogP contribution in [0.4, 0.5) is 4.39 Å². The van der Waals surface area contributed by atoms with Crippen molar-refractivity contribution < 1.29 is 18.7 Å². The molecule has 0 saturated heterocycles. The normalized spacial score (nSPS) is 10.2. The van der Waals surface area contributed by atoms with Crippen LogP contribution in [0.15, 0.2) is 46.9 Å². The molecule has 28 heavy (non-hydrogen) atoms. The van der Waals surface area contributed by atoms with Gasteiger partial charge in [-0.25, -0.2) is 4.39 Å². The van der Waals surface area contributed by atoms with Gasteiger partial charge in [0.2, 0.25) is 11.8 Å². The number of amides is 1. The summed E-state index contributed by atoms with van der Waals surface area (Å²) in [7, 11) is 0. The molecule has 0 radical (unpaired) electrons. The van der Waals surface area contributed by atoms with E-state index in [0.717, 1.165) is 5.56 Å². The van der Waals surface area contributed by atoms with Crippen molar-refractivity contribution >= 4 is 17.5 Å². The van der Waals surface area contributed by atoms with E-state index in [0.29, 0.717) is 21.7 Å². The molecule has 1 aromatic heterocycles. The summed E-state index contributed by atoms with van der Waals surface area (Å²) in [5.74, 6) is 5.06. The summed E-state index contributed by atoms with van der Waals surface area (Å²) in [6, 6.07) is 11.7. The monoisotopic (exact) mass is 399 g/mol. The van der Waals surface area contributed by atoms with Gasteiger partial charge in [0.25, 0.3) is 5.91 Å². The van der Waals surface area contributed by atoms with Gasteiger partial charge in [0.15, 0.2) is 0 Å². The van der Waals surface area contributed by atoms with E-state index in [9.17, 15) is 9.18 Å². The van der Waals surface area contributed by atoms with Gasteiger partial charge in [-0.3, -0.25) is 4.79 Å². The van der Waals surface area contributed by atoms with Crippen LogP contribution in [0, 0.1) is 11.8 Å². The lowest BCUT2D eigenvalue weighted by Crippen LogP contribution is -2.20. The minimum Gasteiger partial charge on any atom is -0.418 e. The van der Waals surface area contributed by atoms with E-state index in [1.54, 1.807) is 42.5 Å². The number of nitrogens with one attached hydrogen (secondary N) is 1. The van der Waals surface area contributed by atoms with Crippen molar-refractivity contribution in [1.29, 1.82) is 0 Å². The Morgan fingerprint density at radius 3 is 2.57 bits per heavy atom. The van der Waals surface area contributed by atoms with Crippen molar-refractivity contribution in [3.8, 4) is 23.3 Å². The lowest BCUT2D eigenvalue weighted by atomic mass is 10.1. The second kappa shape index (κ2) is 9.13. The molecule has 0 bridgehead atoms. The smallest absolute Gasteiger partial charge is 0.296 e. The van der Waals surface area contributed by atoms with Crippen LogP contribution in [0.1, 0.15) is 22.6 Å². The molecule has 1 amide bonds. The zero-order valence-electron chi connectivity index (χ0n) is 14.6. The molecular weight excluding hydrogens is 385 g/mol. The maximum Gasteiger partial charge on any atom is 0.296 e. The maximum absolute atomic E-state index is 12.5. The molecule has 8 heteroatoms. The number of carbonyl (C=O) groups excluding carboxylic acids is 1. The van der Waals surface area contributed by atoms with Crippen molar-refractivity contribution in [2.45, 2.75) is 19.8 Å². The first kappa shape index (κ1) is 19.5. The summed E-state index contributed by atoms with van der Waals surface area (Å²) in [4.78, 5) is 11.9. The van der Waals surface area contributed by atoms with Gasteiger partial charge in [-0.15, -0.1) is 10.2 Å². The zero-order valence-corrected chi connectivity index (χ0v) is 15.3. The second-order valence-corrected chi connectivity index (χ2v) is 6.14. The van der Waals surface area contributed by atoms with Gasteiger partial charge < -0.3 is 14.8 Å². The van der Waals surface area contributed by atoms with Crippen LogP contribution < -0.4 is 5.32 Å². The van der Waals surface area contributed by atoms with Gasteiger partial charge >= 0.3 is 0 Å². The van der Waals surface area contributed by atoms with Crippen molar-refractivity contribution in [3.63, 3.8) is 0 Å². The minimum absolute atomic E-state index is 0.103. The molecule has 2 N–H and O–H groups in total. The third-order valence-corrected chi connectivity index (χ3v) is 4.07.